The molecular formula is C26H26N4O4S. The van der Waals surface area contributed by atoms with Crippen molar-refractivity contribution in [2.45, 2.75) is 24.5 Å². The molecule has 0 saturated carbocycles. The molecule has 35 heavy (non-hydrogen) atoms. The van der Waals surface area contributed by atoms with Crippen molar-refractivity contribution in [3.63, 3.8) is 0 Å². The molecule has 1 atom stereocenters. The Morgan fingerprint density at radius 2 is 1.83 bits per heavy atom. The van der Waals surface area contributed by atoms with Crippen LogP contribution in [-0.4, -0.2) is 35.7 Å². The maximum absolute atomic E-state index is 12.6. The molecule has 1 amide bonds. The summed E-state index contributed by atoms with van der Waals surface area (Å²) in [7, 11) is -2.06. The molecular weight excluding hydrogens is 464 g/mol. The van der Waals surface area contributed by atoms with E-state index < -0.39 is 10.0 Å². The molecule has 2 heterocycles. The van der Waals surface area contributed by atoms with Gasteiger partial charge >= 0.3 is 0 Å². The van der Waals surface area contributed by atoms with E-state index in [1.165, 1.54) is 18.2 Å². The lowest BCUT2D eigenvalue weighted by molar-refractivity contribution is -0.126. The first-order valence-corrected chi connectivity index (χ1v) is 12.5. The summed E-state index contributed by atoms with van der Waals surface area (Å²) in [5, 5.41) is 5.14. The van der Waals surface area contributed by atoms with Gasteiger partial charge in [-0.2, -0.15) is 0 Å². The first-order chi connectivity index (χ1) is 16.7. The molecule has 8 nitrogen and oxygen atoms in total. The van der Waals surface area contributed by atoms with Gasteiger partial charge in [-0.1, -0.05) is 30.3 Å². The fourth-order valence-electron chi connectivity index (χ4n) is 3.52. The average Bonchev–Trinajstić information content (AvgIpc) is 3.28. The summed E-state index contributed by atoms with van der Waals surface area (Å²) in [4.78, 5) is 18.8. The number of imidazole rings is 1. The van der Waals surface area contributed by atoms with Gasteiger partial charge in [0.2, 0.25) is 15.9 Å². The first kappa shape index (κ1) is 24.2. The van der Waals surface area contributed by atoms with Crippen molar-refractivity contribution in [2.24, 2.45) is 5.14 Å². The summed E-state index contributed by atoms with van der Waals surface area (Å²) in [6, 6.07) is 19.2. The number of carbonyl (C=O) groups excluding carboxylic acids is 1. The van der Waals surface area contributed by atoms with Gasteiger partial charge in [-0.15, -0.1) is 0 Å². The van der Waals surface area contributed by atoms with Gasteiger partial charge in [-0.05, 0) is 60.5 Å². The van der Waals surface area contributed by atoms with Crippen molar-refractivity contribution in [3.8, 4) is 5.75 Å². The van der Waals surface area contributed by atoms with Crippen LogP contribution in [0.3, 0.4) is 0 Å². The van der Waals surface area contributed by atoms with Crippen LogP contribution in [0.2, 0.25) is 0 Å². The molecule has 0 spiro atoms. The lowest BCUT2D eigenvalue weighted by atomic mass is 10.1. The largest absolute Gasteiger partial charge is 0.487 e. The second-order valence-electron chi connectivity index (χ2n) is 8.13. The van der Waals surface area contributed by atoms with Gasteiger partial charge in [0.1, 0.15) is 18.0 Å². The predicted molar refractivity (Wildman–Crippen MR) is 134 cm³/mol. The zero-order chi connectivity index (χ0) is 25.0. The summed E-state index contributed by atoms with van der Waals surface area (Å²) in [5.41, 5.74) is 3.36. The van der Waals surface area contributed by atoms with E-state index in [0.717, 1.165) is 22.5 Å². The van der Waals surface area contributed by atoms with Crippen LogP contribution in [0.25, 0.3) is 11.7 Å². The van der Waals surface area contributed by atoms with Gasteiger partial charge in [0.25, 0.3) is 0 Å². The number of ether oxygens (including phenoxy) is 1. The summed E-state index contributed by atoms with van der Waals surface area (Å²) >= 11 is 0. The van der Waals surface area contributed by atoms with Crippen molar-refractivity contribution >= 4 is 27.7 Å². The molecule has 2 aromatic carbocycles. The van der Waals surface area contributed by atoms with E-state index in [1.807, 2.05) is 66.2 Å². The fourth-order valence-corrected chi connectivity index (χ4v) is 4.04. The Kier molecular flexibility index (Phi) is 6.99. The number of hydrogen-bond donors (Lipinski definition) is 1. The van der Waals surface area contributed by atoms with Crippen molar-refractivity contribution in [2.75, 3.05) is 7.05 Å². The molecule has 9 heteroatoms. The topological polar surface area (TPSA) is 107 Å². The third-order valence-corrected chi connectivity index (χ3v) is 6.65. The second-order valence-corrected chi connectivity index (χ2v) is 9.69. The molecule has 0 saturated heterocycles. The lowest BCUT2D eigenvalue weighted by Gasteiger charge is -2.24. The summed E-state index contributed by atoms with van der Waals surface area (Å²) < 4.78 is 30.6. The van der Waals surface area contributed by atoms with E-state index >= 15 is 0 Å². The number of aromatic nitrogens is 2. The minimum absolute atomic E-state index is 0.0353. The molecule has 180 valence electrons. The molecule has 0 fully saturated rings. The van der Waals surface area contributed by atoms with Crippen molar-refractivity contribution < 1.29 is 17.9 Å². The molecule has 0 aliphatic heterocycles. The number of rotatable bonds is 8. The van der Waals surface area contributed by atoms with Crippen molar-refractivity contribution in [1.29, 1.82) is 0 Å². The van der Waals surface area contributed by atoms with Crippen LogP contribution in [-0.2, 0) is 21.4 Å². The van der Waals surface area contributed by atoms with Gasteiger partial charge < -0.3 is 14.0 Å². The van der Waals surface area contributed by atoms with Crippen LogP contribution in [0, 0.1) is 0 Å². The highest BCUT2D eigenvalue weighted by atomic mass is 32.2. The third-order valence-electron chi connectivity index (χ3n) is 5.72. The maximum atomic E-state index is 12.6. The minimum atomic E-state index is -3.75. The Hall–Kier alpha value is -3.95. The molecule has 1 unspecified atom stereocenters. The Balaban J connectivity index is 1.33. The fraction of sp³-hybridized carbons (Fsp3) is 0.154. The Bertz CT molecular complexity index is 1430. The number of amides is 1. The molecule has 2 N–H and O–H groups in total. The SMILES string of the molecule is CC(c1ccc(S(N)(=O)=O)cc1)N(C)C(=O)/C=C/c1ccc(OCc2cn3ccccc3n2)cc1. The lowest BCUT2D eigenvalue weighted by Crippen LogP contribution is -2.28. The van der Waals surface area contributed by atoms with E-state index in [-0.39, 0.29) is 16.8 Å². The van der Waals surface area contributed by atoms with Crippen molar-refractivity contribution in [3.05, 3.63) is 102 Å². The Morgan fingerprint density at radius 1 is 1.11 bits per heavy atom. The number of primary sulfonamides is 1. The molecule has 0 aliphatic rings. The van der Waals surface area contributed by atoms with E-state index in [1.54, 1.807) is 30.2 Å². The highest BCUT2D eigenvalue weighted by Crippen LogP contribution is 2.21. The van der Waals surface area contributed by atoms with Crippen LogP contribution < -0.4 is 9.88 Å². The number of pyridine rings is 1. The molecule has 4 rings (SSSR count). The van der Waals surface area contributed by atoms with Crippen molar-refractivity contribution in [1.82, 2.24) is 14.3 Å². The number of fused-ring (bicyclic) bond motifs is 1. The normalized spacial score (nSPS) is 12.7. The number of benzene rings is 2. The zero-order valence-corrected chi connectivity index (χ0v) is 20.2. The van der Waals surface area contributed by atoms with Gasteiger partial charge in [0, 0.05) is 25.5 Å². The van der Waals surface area contributed by atoms with Gasteiger partial charge in [-0.25, -0.2) is 18.5 Å². The van der Waals surface area contributed by atoms with E-state index in [4.69, 9.17) is 9.88 Å². The maximum Gasteiger partial charge on any atom is 0.246 e. The van der Waals surface area contributed by atoms with E-state index in [9.17, 15) is 13.2 Å². The highest BCUT2D eigenvalue weighted by molar-refractivity contribution is 7.89. The van der Waals surface area contributed by atoms with Gasteiger partial charge in [0.05, 0.1) is 16.6 Å². The number of sulfonamides is 1. The number of nitrogens with zero attached hydrogens (tertiary/aromatic N) is 3. The predicted octanol–water partition coefficient (Wildman–Crippen LogP) is 3.79. The first-order valence-electron chi connectivity index (χ1n) is 10.9. The van der Waals surface area contributed by atoms with Gasteiger partial charge in [-0.3, -0.25) is 4.79 Å². The molecule has 0 aliphatic carbocycles. The zero-order valence-electron chi connectivity index (χ0n) is 19.4. The minimum Gasteiger partial charge on any atom is -0.487 e. The van der Waals surface area contributed by atoms with Crippen LogP contribution in [0.1, 0.15) is 29.8 Å². The monoisotopic (exact) mass is 490 g/mol. The number of nitrogens with two attached hydrogens (primary N) is 1. The summed E-state index contributed by atoms with van der Waals surface area (Å²) in [6.07, 6.45) is 7.11. The molecule has 0 radical (unpaired) electrons. The number of carbonyl (C=O) groups is 1. The Morgan fingerprint density at radius 3 is 2.49 bits per heavy atom. The Labute approximate surface area is 204 Å². The molecule has 4 aromatic rings. The quantitative estimate of drug-likeness (QED) is 0.378. The molecule has 2 aromatic heterocycles. The van der Waals surface area contributed by atoms with Crippen LogP contribution in [0.4, 0.5) is 0 Å². The van der Waals surface area contributed by atoms with Gasteiger partial charge in [0.15, 0.2) is 0 Å². The number of likely N-dealkylation sites (N-methyl/N-ethyl adjacent to an activating group) is 1. The van der Waals surface area contributed by atoms with Crippen LogP contribution in [0.5, 0.6) is 5.75 Å². The second kappa shape index (κ2) is 10.1. The average molecular weight is 491 g/mol. The van der Waals surface area contributed by atoms with E-state index in [0.29, 0.717) is 12.4 Å². The number of hydrogen-bond acceptors (Lipinski definition) is 5. The smallest absolute Gasteiger partial charge is 0.246 e. The van der Waals surface area contributed by atoms with Crippen LogP contribution >= 0.6 is 0 Å². The molecule has 0 bridgehead atoms. The highest BCUT2D eigenvalue weighted by Gasteiger charge is 2.16. The summed E-state index contributed by atoms with van der Waals surface area (Å²) in [5.74, 6) is 0.527. The third kappa shape index (κ3) is 5.95. The van der Waals surface area contributed by atoms with E-state index in [2.05, 4.69) is 4.98 Å². The summed E-state index contributed by atoms with van der Waals surface area (Å²) in [6.45, 7) is 2.23. The standard InChI is InChI=1S/C26H26N4O4S/c1-19(21-9-13-24(14-10-21)35(27,32)33)29(2)26(31)15-8-20-6-11-23(12-7-20)34-18-22-17-30-16-4-3-5-25(30)28-22/h3-17,19H,18H2,1-2H3,(H2,27,32,33)/b15-8+. The van der Waals surface area contributed by atoms with Crippen LogP contribution in [0.15, 0.2) is 90.1 Å².